The molecule has 0 heterocycles. The molecule has 0 radical (unpaired) electrons. The summed E-state index contributed by atoms with van der Waals surface area (Å²) in [5.41, 5.74) is 5.17. The SMILES string of the molecule is CCOCC(=O)N[C@H](CC(C)C)C(N)=O. The Hall–Kier alpha value is -1.10. The third-order valence-corrected chi connectivity index (χ3v) is 1.82. The molecule has 0 aliphatic carbocycles. The number of carbonyl (C=O) groups excluding carboxylic acids is 2. The molecule has 0 aromatic carbocycles. The van der Waals surface area contributed by atoms with Crippen LogP contribution in [0.25, 0.3) is 0 Å². The Morgan fingerprint density at radius 1 is 1.40 bits per heavy atom. The van der Waals surface area contributed by atoms with Crippen LogP contribution in [0.1, 0.15) is 27.2 Å². The molecule has 0 spiro atoms. The first-order chi connectivity index (χ1) is 6.97. The van der Waals surface area contributed by atoms with Gasteiger partial charge in [-0.05, 0) is 19.3 Å². The van der Waals surface area contributed by atoms with Crippen LogP contribution in [0, 0.1) is 5.92 Å². The van der Waals surface area contributed by atoms with E-state index in [0.29, 0.717) is 18.9 Å². The van der Waals surface area contributed by atoms with Crippen molar-refractivity contribution >= 4 is 11.8 Å². The van der Waals surface area contributed by atoms with Crippen LogP contribution in [0.5, 0.6) is 0 Å². The third kappa shape index (κ3) is 6.90. The molecular formula is C10H20N2O3. The molecule has 0 saturated carbocycles. The largest absolute Gasteiger partial charge is 0.372 e. The van der Waals surface area contributed by atoms with E-state index in [9.17, 15) is 9.59 Å². The Balaban J connectivity index is 4.05. The van der Waals surface area contributed by atoms with E-state index in [-0.39, 0.29) is 12.5 Å². The predicted octanol–water partition coefficient (Wildman–Crippen LogP) is 0.0391. The van der Waals surface area contributed by atoms with Crippen molar-refractivity contribution < 1.29 is 14.3 Å². The highest BCUT2D eigenvalue weighted by molar-refractivity contribution is 5.86. The van der Waals surface area contributed by atoms with Crippen molar-refractivity contribution in [3.05, 3.63) is 0 Å². The molecule has 0 saturated heterocycles. The summed E-state index contributed by atoms with van der Waals surface area (Å²) in [7, 11) is 0. The van der Waals surface area contributed by atoms with Gasteiger partial charge in [0, 0.05) is 6.61 Å². The highest BCUT2D eigenvalue weighted by Crippen LogP contribution is 2.04. The van der Waals surface area contributed by atoms with Crippen LogP contribution in [0.15, 0.2) is 0 Å². The van der Waals surface area contributed by atoms with Gasteiger partial charge in [-0.1, -0.05) is 13.8 Å². The first-order valence-corrected chi connectivity index (χ1v) is 5.13. The van der Waals surface area contributed by atoms with Gasteiger partial charge in [-0.2, -0.15) is 0 Å². The lowest BCUT2D eigenvalue weighted by atomic mass is 10.0. The molecule has 5 heteroatoms. The number of nitrogens with two attached hydrogens (primary N) is 1. The molecule has 2 amide bonds. The fraction of sp³-hybridized carbons (Fsp3) is 0.800. The minimum absolute atomic E-state index is 0.0294. The van der Waals surface area contributed by atoms with Crippen molar-refractivity contribution in [2.75, 3.05) is 13.2 Å². The molecule has 0 aromatic rings. The van der Waals surface area contributed by atoms with Gasteiger partial charge in [-0.3, -0.25) is 9.59 Å². The fourth-order valence-corrected chi connectivity index (χ4v) is 1.15. The van der Waals surface area contributed by atoms with E-state index >= 15 is 0 Å². The van der Waals surface area contributed by atoms with Crippen molar-refractivity contribution in [1.82, 2.24) is 5.32 Å². The topological polar surface area (TPSA) is 81.4 Å². The fourth-order valence-electron chi connectivity index (χ4n) is 1.15. The summed E-state index contributed by atoms with van der Waals surface area (Å²) >= 11 is 0. The summed E-state index contributed by atoms with van der Waals surface area (Å²) in [6, 6.07) is -0.599. The molecule has 0 bridgehead atoms. The van der Waals surface area contributed by atoms with Gasteiger partial charge in [0.15, 0.2) is 0 Å². The molecule has 3 N–H and O–H groups in total. The summed E-state index contributed by atoms with van der Waals surface area (Å²) < 4.78 is 4.92. The van der Waals surface area contributed by atoms with Gasteiger partial charge >= 0.3 is 0 Å². The molecule has 15 heavy (non-hydrogen) atoms. The Morgan fingerprint density at radius 2 is 2.00 bits per heavy atom. The zero-order valence-corrected chi connectivity index (χ0v) is 9.58. The highest BCUT2D eigenvalue weighted by Gasteiger charge is 2.18. The molecule has 0 fully saturated rings. The maximum Gasteiger partial charge on any atom is 0.246 e. The molecule has 0 aliphatic heterocycles. The summed E-state index contributed by atoms with van der Waals surface area (Å²) in [5.74, 6) is -0.509. The average molecular weight is 216 g/mol. The van der Waals surface area contributed by atoms with E-state index < -0.39 is 11.9 Å². The molecule has 1 atom stereocenters. The van der Waals surface area contributed by atoms with Crippen molar-refractivity contribution in [3.63, 3.8) is 0 Å². The Kier molecular flexibility index (Phi) is 6.70. The lowest BCUT2D eigenvalue weighted by Crippen LogP contribution is -2.46. The van der Waals surface area contributed by atoms with Gasteiger partial charge in [-0.15, -0.1) is 0 Å². The summed E-state index contributed by atoms with van der Waals surface area (Å²) in [6.07, 6.45) is 0.549. The van der Waals surface area contributed by atoms with Crippen molar-refractivity contribution in [2.24, 2.45) is 11.7 Å². The second-order valence-corrected chi connectivity index (χ2v) is 3.79. The second kappa shape index (κ2) is 7.23. The van der Waals surface area contributed by atoms with Crippen molar-refractivity contribution in [1.29, 1.82) is 0 Å². The van der Waals surface area contributed by atoms with E-state index in [0.717, 1.165) is 0 Å². The summed E-state index contributed by atoms with van der Waals surface area (Å²) in [4.78, 5) is 22.3. The smallest absolute Gasteiger partial charge is 0.246 e. The van der Waals surface area contributed by atoms with Gasteiger partial charge in [-0.25, -0.2) is 0 Å². The number of rotatable bonds is 7. The van der Waals surface area contributed by atoms with Gasteiger partial charge in [0.1, 0.15) is 12.6 Å². The van der Waals surface area contributed by atoms with Crippen LogP contribution in [0.4, 0.5) is 0 Å². The van der Waals surface area contributed by atoms with Crippen LogP contribution in [0.2, 0.25) is 0 Å². The zero-order chi connectivity index (χ0) is 11.8. The minimum atomic E-state index is -0.599. The van der Waals surface area contributed by atoms with Crippen LogP contribution in [-0.4, -0.2) is 31.1 Å². The number of carbonyl (C=O) groups is 2. The van der Waals surface area contributed by atoms with E-state index in [1.54, 1.807) is 6.92 Å². The number of ether oxygens (including phenoxy) is 1. The molecule has 88 valence electrons. The number of amides is 2. The van der Waals surface area contributed by atoms with E-state index in [4.69, 9.17) is 10.5 Å². The number of primary amides is 1. The normalized spacial score (nSPS) is 12.5. The maximum atomic E-state index is 11.3. The predicted molar refractivity (Wildman–Crippen MR) is 57.1 cm³/mol. The van der Waals surface area contributed by atoms with Gasteiger partial charge < -0.3 is 15.8 Å². The lowest BCUT2D eigenvalue weighted by molar-refractivity contribution is -0.130. The summed E-state index contributed by atoms with van der Waals surface area (Å²) in [6.45, 7) is 6.17. The van der Waals surface area contributed by atoms with Crippen LogP contribution >= 0.6 is 0 Å². The van der Waals surface area contributed by atoms with E-state index in [1.165, 1.54) is 0 Å². The van der Waals surface area contributed by atoms with Crippen LogP contribution < -0.4 is 11.1 Å². The number of hydrogen-bond acceptors (Lipinski definition) is 3. The van der Waals surface area contributed by atoms with Gasteiger partial charge in [0.2, 0.25) is 11.8 Å². The van der Waals surface area contributed by atoms with Crippen LogP contribution in [-0.2, 0) is 14.3 Å². The number of nitrogens with one attached hydrogen (secondary N) is 1. The quantitative estimate of drug-likeness (QED) is 0.630. The third-order valence-electron chi connectivity index (χ3n) is 1.82. The van der Waals surface area contributed by atoms with Crippen molar-refractivity contribution in [2.45, 2.75) is 33.2 Å². The zero-order valence-electron chi connectivity index (χ0n) is 9.58. The van der Waals surface area contributed by atoms with Crippen LogP contribution in [0.3, 0.4) is 0 Å². The molecule has 0 aromatic heterocycles. The summed E-state index contributed by atoms with van der Waals surface area (Å²) in [5, 5.41) is 2.54. The number of hydrogen-bond donors (Lipinski definition) is 2. The maximum absolute atomic E-state index is 11.3. The molecule has 0 aliphatic rings. The highest BCUT2D eigenvalue weighted by atomic mass is 16.5. The standard InChI is InChI=1S/C10H20N2O3/c1-4-15-6-9(13)12-8(10(11)14)5-7(2)3/h7-8H,4-6H2,1-3H3,(H2,11,14)(H,12,13)/t8-/m1/s1. The Bertz CT molecular complexity index is 217. The minimum Gasteiger partial charge on any atom is -0.372 e. The molecular weight excluding hydrogens is 196 g/mol. The Labute approximate surface area is 90.4 Å². The monoisotopic (exact) mass is 216 g/mol. The van der Waals surface area contributed by atoms with Gasteiger partial charge in [0.25, 0.3) is 0 Å². The molecule has 0 unspecified atom stereocenters. The molecule has 0 rings (SSSR count). The lowest BCUT2D eigenvalue weighted by Gasteiger charge is -2.17. The van der Waals surface area contributed by atoms with E-state index in [1.807, 2.05) is 13.8 Å². The van der Waals surface area contributed by atoms with Crippen molar-refractivity contribution in [3.8, 4) is 0 Å². The first kappa shape index (κ1) is 13.9. The Morgan fingerprint density at radius 3 is 2.40 bits per heavy atom. The second-order valence-electron chi connectivity index (χ2n) is 3.79. The average Bonchev–Trinajstić information content (AvgIpc) is 2.12. The molecule has 5 nitrogen and oxygen atoms in total. The first-order valence-electron chi connectivity index (χ1n) is 5.13. The van der Waals surface area contributed by atoms with E-state index in [2.05, 4.69) is 5.32 Å². The van der Waals surface area contributed by atoms with Gasteiger partial charge in [0.05, 0.1) is 0 Å².